The van der Waals surface area contributed by atoms with Gasteiger partial charge in [0.2, 0.25) is 11.8 Å². The van der Waals surface area contributed by atoms with Crippen LogP contribution in [0, 0.1) is 11.2 Å². The van der Waals surface area contributed by atoms with Crippen molar-refractivity contribution in [1.82, 2.24) is 4.90 Å². The molecular weight excluding hydrogens is 331 g/mol. The van der Waals surface area contributed by atoms with E-state index < -0.39 is 0 Å². The molecule has 4 nitrogen and oxygen atoms in total. The molecule has 2 amide bonds. The molecule has 0 N–H and O–H groups in total. The second-order valence-electron chi connectivity index (χ2n) is 7.36. The summed E-state index contributed by atoms with van der Waals surface area (Å²) in [5.41, 5.74) is 1.55. The molecule has 2 aliphatic heterocycles. The molecule has 0 unspecified atom stereocenters. The van der Waals surface area contributed by atoms with Crippen LogP contribution in [0.5, 0.6) is 0 Å². The average Bonchev–Trinajstić information content (AvgIpc) is 3.20. The highest BCUT2D eigenvalue weighted by molar-refractivity contribution is 5.96. The van der Waals surface area contributed by atoms with Crippen LogP contribution < -0.4 is 4.90 Å². The van der Waals surface area contributed by atoms with E-state index in [1.54, 1.807) is 17.0 Å². The second-order valence-corrected chi connectivity index (χ2v) is 7.36. The van der Waals surface area contributed by atoms with Gasteiger partial charge in [-0.1, -0.05) is 30.3 Å². The minimum Gasteiger partial charge on any atom is -0.342 e. The lowest BCUT2D eigenvalue weighted by Crippen LogP contribution is -2.34. The summed E-state index contributed by atoms with van der Waals surface area (Å²) in [7, 11) is 0. The van der Waals surface area contributed by atoms with Crippen molar-refractivity contribution in [3.05, 3.63) is 66.0 Å². The van der Waals surface area contributed by atoms with E-state index in [1.807, 2.05) is 35.2 Å². The van der Waals surface area contributed by atoms with Gasteiger partial charge < -0.3 is 9.80 Å². The largest absolute Gasteiger partial charge is 0.342 e. The number of hydrogen-bond donors (Lipinski definition) is 0. The molecule has 2 aliphatic rings. The fourth-order valence-corrected chi connectivity index (χ4v) is 4.06. The molecule has 0 bridgehead atoms. The lowest BCUT2D eigenvalue weighted by molar-refractivity contribution is -0.130. The zero-order chi connectivity index (χ0) is 18.1. The molecule has 0 saturated carbocycles. The molecule has 0 radical (unpaired) electrons. The monoisotopic (exact) mass is 352 g/mol. The molecule has 0 aliphatic carbocycles. The van der Waals surface area contributed by atoms with Gasteiger partial charge in [-0.05, 0) is 36.2 Å². The quantitative estimate of drug-likeness (QED) is 0.852. The molecule has 1 spiro atoms. The summed E-state index contributed by atoms with van der Waals surface area (Å²) in [5.74, 6) is -0.150. The molecule has 0 aromatic heterocycles. The lowest BCUT2D eigenvalue weighted by atomic mass is 9.86. The average molecular weight is 352 g/mol. The van der Waals surface area contributed by atoms with Crippen molar-refractivity contribution in [1.29, 1.82) is 0 Å². The fourth-order valence-electron chi connectivity index (χ4n) is 4.06. The Kier molecular flexibility index (Phi) is 4.23. The number of carbonyl (C=O) groups is 2. The Hall–Kier alpha value is -2.69. The first-order chi connectivity index (χ1) is 12.5. The maximum Gasteiger partial charge on any atom is 0.227 e. The van der Waals surface area contributed by atoms with E-state index in [9.17, 15) is 14.0 Å². The maximum absolute atomic E-state index is 13.1. The topological polar surface area (TPSA) is 40.6 Å². The van der Waals surface area contributed by atoms with Gasteiger partial charge in [0, 0.05) is 37.2 Å². The van der Waals surface area contributed by atoms with Crippen LogP contribution in [-0.2, 0) is 16.0 Å². The lowest BCUT2D eigenvalue weighted by Gasteiger charge is -2.24. The normalized spacial score (nSPS) is 22.4. The standard InChI is InChI=1S/C21H21FN2O2/c22-17-6-8-18(9-7-17)24-15-21(13-20(24)26)10-11-23(14-21)19(25)12-16-4-2-1-3-5-16/h1-9H,10-15H2/t21-/m1/s1. The first-order valence-corrected chi connectivity index (χ1v) is 8.92. The number of nitrogens with zero attached hydrogens (tertiary/aromatic N) is 2. The molecule has 4 rings (SSSR count). The van der Waals surface area contributed by atoms with Gasteiger partial charge in [-0.3, -0.25) is 9.59 Å². The summed E-state index contributed by atoms with van der Waals surface area (Å²) in [6.07, 6.45) is 1.67. The van der Waals surface area contributed by atoms with Crippen molar-refractivity contribution in [2.45, 2.75) is 19.3 Å². The fraction of sp³-hybridized carbons (Fsp3) is 0.333. The summed E-state index contributed by atoms with van der Waals surface area (Å²) in [5, 5.41) is 0. The zero-order valence-corrected chi connectivity index (χ0v) is 14.5. The third-order valence-electron chi connectivity index (χ3n) is 5.45. The van der Waals surface area contributed by atoms with E-state index in [-0.39, 0.29) is 23.0 Å². The second kappa shape index (κ2) is 6.56. The Labute approximate surface area is 152 Å². The molecule has 5 heteroatoms. The van der Waals surface area contributed by atoms with Gasteiger partial charge in [-0.2, -0.15) is 0 Å². The van der Waals surface area contributed by atoms with Gasteiger partial charge >= 0.3 is 0 Å². The summed E-state index contributed by atoms with van der Waals surface area (Å²) >= 11 is 0. The van der Waals surface area contributed by atoms with Crippen LogP contribution in [0.25, 0.3) is 0 Å². The molecule has 2 aromatic rings. The minimum absolute atomic E-state index is 0.0500. The maximum atomic E-state index is 13.1. The first kappa shape index (κ1) is 16.8. The van der Waals surface area contributed by atoms with Gasteiger partial charge in [-0.15, -0.1) is 0 Å². The number of amides is 2. The van der Waals surface area contributed by atoms with E-state index in [0.717, 1.165) is 17.7 Å². The highest BCUT2D eigenvalue weighted by Crippen LogP contribution is 2.42. The van der Waals surface area contributed by atoms with E-state index in [1.165, 1.54) is 12.1 Å². The third kappa shape index (κ3) is 3.21. The summed E-state index contributed by atoms with van der Waals surface area (Å²) in [6.45, 7) is 1.89. The van der Waals surface area contributed by atoms with Crippen LogP contribution in [0.3, 0.4) is 0 Å². The highest BCUT2D eigenvalue weighted by Gasteiger charge is 2.48. The SMILES string of the molecule is O=C(Cc1ccccc1)N1CC[C@@]2(CC(=O)N(c3ccc(F)cc3)C2)C1. The Morgan fingerprint density at radius 1 is 1.04 bits per heavy atom. The van der Waals surface area contributed by atoms with E-state index in [0.29, 0.717) is 32.5 Å². The molecule has 134 valence electrons. The van der Waals surface area contributed by atoms with Crippen molar-refractivity contribution in [2.24, 2.45) is 5.41 Å². The molecule has 26 heavy (non-hydrogen) atoms. The predicted molar refractivity (Wildman–Crippen MR) is 97.1 cm³/mol. The van der Waals surface area contributed by atoms with Crippen LogP contribution in [0.2, 0.25) is 0 Å². The van der Waals surface area contributed by atoms with Gasteiger partial charge in [0.15, 0.2) is 0 Å². The Morgan fingerprint density at radius 3 is 2.50 bits per heavy atom. The van der Waals surface area contributed by atoms with Crippen molar-refractivity contribution in [3.8, 4) is 0 Å². The Morgan fingerprint density at radius 2 is 1.77 bits per heavy atom. The van der Waals surface area contributed by atoms with Crippen LogP contribution >= 0.6 is 0 Å². The van der Waals surface area contributed by atoms with E-state index >= 15 is 0 Å². The Bertz CT molecular complexity index is 822. The number of rotatable bonds is 3. The number of hydrogen-bond acceptors (Lipinski definition) is 2. The van der Waals surface area contributed by atoms with Crippen LogP contribution in [0.4, 0.5) is 10.1 Å². The smallest absolute Gasteiger partial charge is 0.227 e. The zero-order valence-electron chi connectivity index (χ0n) is 14.5. The van der Waals surface area contributed by atoms with Crippen molar-refractivity contribution in [2.75, 3.05) is 24.5 Å². The summed E-state index contributed by atoms with van der Waals surface area (Å²) in [4.78, 5) is 28.7. The van der Waals surface area contributed by atoms with Gasteiger partial charge in [-0.25, -0.2) is 4.39 Å². The van der Waals surface area contributed by atoms with E-state index in [4.69, 9.17) is 0 Å². The number of benzene rings is 2. The molecule has 1 atom stereocenters. The third-order valence-corrected chi connectivity index (χ3v) is 5.45. The molecule has 2 saturated heterocycles. The van der Waals surface area contributed by atoms with Gasteiger partial charge in [0.05, 0.1) is 6.42 Å². The Balaban J connectivity index is 1.43. The number of anilines is 1. The van der Waals surface area contributed by atoms with Crippen LogP contribution in [0.1, 0.15) is 18.4 Å². The summed E-state index contributed by atoms with van der Waals surface area (Å²) in [6, 6.07) is 15.7. The first-order valence-electron chi connectivity index (χ1n) is 8.92. The predicted octanol–water partition coefficient (Wildman–Crippen LogP) is 3.02. The molecule has 2 fully saturated rings. The van der Waals surface area contributed by atoms with Crippen molar-refractivity contribution >= 4 is 17.5 Å². The number of likely N-dealkylation sites (tertiary alicyclic amines) is 1. The molecule has 2 aromatic carbocycles. The van der Waals surface area contributed by atoms with E-state index in [2.05, 4.69) is 0 Å². The highest BCUT2D eigenvalue weighted by atomic mass is 19.1. The number of halogens is 1. The van der Waals surface area contributed by atoms with Gasteiger partial charge in [0.25, 0.3) is 0 Å². The van der Waals surface area contributed by atoms with Crippen molar-refractivity contribution in [3.63, 3.8) is 0 Å². The molecule has 2 heterocycles. The van der Waals surface area contributed by atoms with Crippen LogP contribution in [-0.4, -0.2) is 36.3 Å². The molecular formula is C21H21FN2O2. The summed E-state index contributed by atoms with van der Waals surface area (Å²) < 4.78 is 13.1. The van der Waals surface area contributed by atoms with Crippen molar-refractivity contribution < 1.29 is 14.0 Å². The van der Waals surface area contributed by atoms with Gasteiger partial charge in [0.1, 0.15) is 5.82 Å². The van der Waals surface area contributed by atoms with Crippen LogP contribution in [0.15, 0.2) is 54.6 Å². The number of carbonyl (C=O) groups excluding carboxylic acids is 2. The minimum atomic E-state index is -0.311.